The summed E-state index contributed by atoms with van der Waals surface area (Å²) in [6, 6.07) is 6.90. The number of likely N-dealkylation sites (tertiary alicyclic amines) is 1. The number of azide groups is 2. The Morgan fingerprint density at radius 2 is 0.780 bits per heavy atom. The van der Waals surface area contributed by atoms with Gasteiger partial charge in [0.15, 0.2) is 43.5 Å². The van der Waals surface area contributed by atoms with Gasteiger partial charge in [-0.25, -0.2) is 4.68 Å². The van der Waals surface area contributed by atoms with Gasteiger partial charge in [-0.2, -0.15) is 0 Å². The quantitative estimate of drug-likeness (QED) is 0.00395. The average molecular weight is 1960 g/mol. The van der Waals surface area contributed by atoms with Gasteiger partial charge >= 0.3 is 23.9 Å². The molecule has 7 saturated heterocycles. The molecule has 6 unspecified atom stereocenters. The second kappa shape index (κ2) is 60.8. The summed E-state index contributed by atoms with van der Waals surface area (Å²) in [5, 5.41) is 117. The largest absolute Gasteiger partial charge is 0.457 e. The Morgan fingerprint density at radius 1 is 0.439 bits per heavy atom. The molecule has 50 heteroatoms. The molecule has 0 radical (unpaired) electrons. The molecule has 1 aromatic heterocycles. The van der Waals surface area contributed by atoms with Crippen LogP contribution >= 0.6 is 34.8 Å². The van der Waals surface area contributed by atoms with Crippen molar-refractivity contribution in [2.24, 2.45) is 45.7 Å². The maximum atomic E-state index is 12.3. The lowest BCUT2D eigenvalue weighted by atomic mass is 9.84. The van der Waals surface area contributed by atoms with Gasteiger partial charge in [-0.3, -0.25) is 39.1 Å². The van der Waals surface area contributed by atoms with Crippen LogP contribution in [0.2, 0.25) is 0 Å². The minimum atomic E-state index is -1.99. The highest BCUT2D eigenvalue weighted by molar-refractivity contribution is 6.76. The summed E-state index contributed by atoms with van der Waals surface area (Å²) in [7, 11) is 0. The summed E-state index contributed by atoms with van der Waals surface area (Å²) < 4.78 is 106. The molecule has 0 bridgehead atoms. The number of amides is 2. The number of aromatic nitrogens is 3. The Morgan fingerprint density at radius 3 is 1.15 bits per heavy atom. The number of hydrogen-bond acceptors (Lipinski definition) is 41. The highest BCUT2D eigenvalue weighted by Crippen LogP contribution is 2.38. The van der Waals surface area contributed by atoms with Crippen molar-refractivity contribution in [1.82, 2.24) is 19.9 Å². The third-order valence-electron chi connectivity index (χ3n) is 22.2. The van der Waals surface area contributed by atoms with Crippen LogP contribution < -0.4 is 0 Å². The zero-order chi connectivity index (χ0) is 98.8. The first kappa shape index (κ1) is 118. The minimum absolute atomic E-state index is 0.0178. The van der Waals surface area contributed by atoms with E-state index < -0.39 is 157 Å². The second-order valence-electron chi connectivity index (χ2n) is 31.9. The predicted molar refractivity (Wildman–Crippen MR) is 462 cm³/mol. The van der Waals surface area contributed by atoms with E-state index in [-0.39, 0.29) is 105 Å². The van der Waals surface area contributed by atoms with Crippen molar-refractivity contribution in [1.29, 1.82) is 5.41 Å². The molecule has 2 aromatic rings. The molecule has 132 heavy (non-hydrogen) atoms. The predicted octanol–water partition coefficient (Wildman–Crippen LogP) is 3.27. The molecule has 2 amide bonds. The maximum absolute atomic E-state index is 12.3. The van der Waals surface area contributed by atoms with Crippen LogP contribution in [0.5, 0.6) is 0 Å². The summed E-state index contributed by atoms with van der Waals surface area (Å²) >= 11 is 16.7. The van der Waals surface area contributed by atoms with E-state index in [0.29, 0.717) is 110 Å². The first-order chi connectivity index (χ1) is 62.3. The van der Waals surface area contributed by atoms with Crippen LogP contribution in [-0.2, 0) is 125 Å². The van der Waals surface area contributed by atoms with Gasteiger partial charge < -0.3 is 146 Å². The molecule has 8 heterocycles. The SMILES string of the molecule is CC(=O)OC1O[C@@H](C)[C@@H](C)[C@@H](C)[C@@H]1OC(C)=O.CC(=O)O[C@@H]1C(OC(=N)C(Cl)(Cl)Cl)O[C@@H](C)[C@@H](C)[C@H]1C.CC(=O)O[C@@H]1C(OCCOCCOCCN=[N+]=[N-])O[C@@H](C)[C@@H](C)[C@H]1C.C[C@@H]1OC(O)[C@@H](O)[C@H](O)[C@@H]1O.C[C@@H]1OC(OCCOCCOCCN=[N+]=[N-])[C@@H](O)[C@H](O)[C@@H]1O.C[C@@H]1OC(OCCOCCOCCn2cc(-c3ccc(C(=O)N4CCC4=O)cc3)nn2)[C@@H](O)[C@H](O)[C@@H]1O. The summed E-state index contributed by atoms with van der Waals surface area (Å²) in [5.74, 6) is -1.80. The number of hydrogen-bond donors (Lipinski definition) is 11. The lowest BCUT2D eigenvalue weighted by molar-refractivity contribution is -0.294. The number of β-lactam (4-membered cyclic amide) rings is 1. The van der Waals surface area contributed by atoms with E-state index in [9.17, 15) is 59.4 Å². The average Bonchev–Trinajstić information content (AvgIpc) is 0.854. The molecular weight excluding hydrogens is 1820 g/mol. The molecule has 11 N–H and O–H groups in total. The molecule has 0 saturated carbocycles. The van der Waals surface area contributed by atoms with Crippen LogP contribution in [0.15, 0.2) is 40.7 Å². The van der Waals surface area contributed by atoms with Gasteiger partial charge in [0.1, 0.15) is 60.6 Å². The summed E-state index contributed by atoms with van der Waals surface area (Å²) in [6.07, 6.45) is -18.8. The van der Waals surface area contributed by atoms with Gasteiger partial charge in [0.2, 0.25) is 24.4 Å². The van der Waals surface area contributed by atoms with Crippen molar-refractivity contribution in [2.45, 2.75) is 275 Å². The Bertz CT molecular complexity index is 3820. The van der Waals surface area contributed by atoms with E-state index in [1.165, 1.54) is 39.5 Å². The number of ether oxygens (including phenoxy) is 20. The number of esters is 4. The molecule has 0 aliphatic carbocycles. The summed E-state index contributed by atoms with van der Waals surface area (Å²) in [4.78, 5) is 74.8. The minimum Gasteiger partial charge on any atom is -0.457 e. The molecular formula is C82H134Cl3N11O36. The topological polar surface area (TPSA) is 645 Å². The molecule has 754 valence electrons. The molecule has 47 nitrogen and oxygen atoms in total. The fourth-order valence-electron chi connectivity index (χ4n) is 13.3. The number of nitrogens with zero attached hydrogens (tertiary/aromatic N) is 10. The van der Waals surface area contributed by atoms with Crippen LogP contribution in [0.4, 0.5) is 0 Å². The number of aliphatic hydroxyl groups is 10. The molecule has 7 aliphatic heterocycles. The van der Waals surface area contributed by atoms with E-state index in [1.807, 2.05) is 55.4 Å². The summed E-state index contributed by atoms with van der Waals surface area (Å²) in [6.45, 7) is 34.2. The smallest absolute Gasteiger partial charge is 0.305 e. The first-order valence-corrected chi connectivity index (χ1v) is 44.4. The highest BCUT2D eigenvalue weighted by atomic mass is 35.6. The van der Waals surface area contributed by atoms with Gasteiger partial charge in [-0.1, -0.05) is 104 Å². The number of imide groups is 1. The Labute approximate surface area is 780 Å². The normalized spacial score (nSPS) is 32.4. The molecule has 30 atom stereocenters. The third-order valence-corrected chi connectivity index (χ3v) is 22.7. The van der Waals surface area contributed by atoms with Crippen molar-refractivity contribution in [3.8, 4) is 11.3 Å². The van der Waals surface area contributed by atoms with Gasteiger partial charge in [-0.05, 0) is 82.5 Å². The molecule has 0 spiro atoms. The van der Waals surface area contributed by atoms with Crippen molar-refractivity contribution in [3.63, 3.8) is 0 Å². The van der Waals surface area contributed by atoms with Gasteiger partial charge in [0, 0.05) is 92.5 Å². The van der Waals surface area contributed by atoms with Gasteiger partial charge in [0.25, 0.3) is 9.70 Å². The van der Waals surface area contributed by atoms with Gasteiger partial charge in [-0.15, -0.1) is 5.10 Å². The number of halogens is 3. The van der Waals surface area contributed by atoms with E-state index in [0.717, 1.165) is 5.56 Å². The number of nitrogens with one attached hydrogen (secondary N) is 1. The fraction of sp³-hybridized carbons (Fsp3) is 0.817. The zero-order valence-corrected chi connectivity index (χ0v) is 79.3. The Hall–Kier alpha value is -6.66. The number of carbonyl (C=O) groups is 6. The molecule has 9 rings (SSSR count). The summed E-state index contributed by atoms with van der Waals surface area (Å²) in [5.41, 5.74) is 18.1. The van der Waals surface area contributed by atoms with Crippen LogP contribution in [0.25, 0.3) is 32.1 Å². The maximum Gasteiger partial charge on any atom is 0.305 e. The fourth-order valence-corrected chi connectivity index (χ4v) is 13.5. The number of rotatable bonds is 37. The first-order valence-electron chi connectivity index (χ1n) is 43.2. The van der Waals surface area contributed by atoms with Crippen LogP contribution in [-0.4, -0.2) is 383 Å². The van der Waals surface area contributed by atoms with Crippen molar-refractivity contribution < 1.29 is 175 Å². The zero-order valence-electron chi connectivity index (χ0n) is 77.0. The monoisotopic (exact) mass is 1950 g/mol. The van der Waals surface area contributed by atoms with Crippen molar-refractivity contribution >= 4 is 76.4 Å². The molecule has 1 aromatic carbocycles. The van der Waals surface area contributed by atoms with E-state index in [1.54, 1.807) is 49.0 Å². The number of carbonyl (C=O) groups excluding carboxylic acids is 6. The van der Waals surface area contributed by atoms with Crippen molar-refractivity contribution in [3.05, 3.63) is 56.9 Å². The lowest BCUT2D eigenvalue weighted by Gasteiger charge is -2.42. The second-order valence-corrected chi connectivity index (χ2v) is 34.1. The van der Waals surface area contributed by atoms with E-state index in [2.05, 4.69) is 42.0 Å². The van der Waals surface area contributed by atoms with Gasteiger partial charge in [0.05, 0.1) is 148 Å². The Kier molecular flexibility index (Phi) is 54.2. The van der Waals surface area contributed by atoms with E-state index >= 15 is 0 Å². The highest BCUT2D eigenvalue weighted by Gasteiger charge is 2.49. The van der Waals surface area contributed by atoms with E-state index in [4.69, 9.17) is 162 Å². The standard InChI is InChI=1S/C24H32N4O9.C16H29N3O6.C12H18Cl3NO4.C12H23N3O7.C12H20O5.C6H12O5/c1-15-20(30)21(31)22(32)24(37-15)36-13-12-35-11-10-34-9-8-27-14-18(25-26-27)16-2-4-17(5-3-16)23(33)28-7-6-19(28)29;1-11-12(2)15(25-14(4)20)16(24-13(11)3)23-10-9-22-8-7-21-6-5-18-19-17;1-5-6(2)9(19-8(4)17)10(18-7(5)3)20-11(16)12(13,14)15;1-8-9(16)10(17)11(18)12(22-8)21-7-6-20-5-4-19-3-2-14-15-13;1-6-7(2)11(16-9(4)13)12(15-8(6)3)17-10(5)14;1-2-3(7)4(8)5(9)6(10)11-2/h2-5,14-15,20-22,24,30-32H,6-13H2,1H3;11-13,15-16H,5-10H2,1-4H3;5-7,9-10,16H,1-4H3;8-12,16-18H,2-7H2,1H3;6-8,11-12H,1-5H3;2-10H,1H3/t15-,20+,21+,22-,24?;11-,12+,13-,15-,16?;5-,6+,7-,9-,10?;8-,9+,10+,11-,12?;6-,7+,8-,11-,12?;2-,3+,4+,5-,6?/m000000/s1. The number of alkyl halides is 3. The third kappa shape index (κ3) is 39.8. The van der Waals surface area contributed by atoms with Crippen LogP contribution in [0.1, 0.15) is 128 Å². The molecule has 7 aliphatic rings. The lowest BCUT2D eigenvalue weighted by Crippen LogP contribution is -2.57. The molecule has 7 fully saturated rings. The van der Waals surface area contributed by atoms with Crippen LogP contribution in [0, 0.1) is 40.9 Å². The van der Waals surface area contributed by atoms with Crippen molar-refractivity contribution in [2.75, 3.05) is 119 Å². The number of benzene rings is 1. The van der Waals surface area contributed by atoms with Crippen LogP contribution in [0.3, 0.4) is 0 Å². The number of aliphatic hydroxyl groups excluding tert-OH is 10. The Balaban J connectivity index is 0.000000343.